The summed E-state index contributed by atoms with van der Waals surface area (Å²) in [5, 5.41) is 4.27. The molecule has 7 nitrogen and oxygen atoms in total. The van der Waals surface area contributed by atoms with Crippen molar-refractivity contribution in [2.75, 3.05) is 20.1 Å². The number of aromatic amines is 2. The van der Waals surface area contributed by atoms with Gasteiger partial charge in [-0.15, -0.1) is 0 Å². The summed E-state index contributed by atoms with van der Waals surface area (Å²) in [6, 6.07) is 19.0. The van der Waals surface area contributed by atoms with Crippen LogP contribution < -0.4 is 15.6 Å². The number of para-hydroxylation sites is 2. The zero-order chi connectivity index (χ0) is 22.9. The third kappa shape index (κ3) is 4.15. The molecule has 33 heavy (non-hydrogen) atoms. The maximum absolute atomic E-state index is 12.9. The average molecular weight is 443 g/mol. The molecule has 0 unspecified atom stereocenters. The van der Waals surface area contributed by atoms with Crippen molar-refractivity contribution in [3.05, 3.63) is 82.4 Å². The highest BCUT2D eigenvalue weighted by Gasteiger charge is 2.23. The van der Waals surface area contributed by atoms with E-state index >= 15 is 0 Å². The lowest BCUT2D eigenvalue weighted by atomic mass is 10.1. The van der Waals surface area contributed by atoms with E-state index in [1.807, 2.05) is 68.6 Å². The molecule has 1 fully saturated rings. The Morgan fingerprint density at radius 1 is 1.09 bits per heavy atom. The lowest BCUT2D eigenvalue weighted by Crippen LogP contribution is -2.37. The van der Waals surface area contributed by atoms with Crippen LogP contribution in [0.25, 0.3) is 22.0 Å². The standard InChI is InChI=1S/C26H26N4O3/c1-16-23-20(14-21(29-26(23)32)25(31)28-17-12-13-30(2)15-17)24(27-16)19-10-6-7-11-22(19)33-18-8-4-3-5-9-18/h3-11,14,17,27H,12-13,15H2,1-2H3,(H,28,31)(H,29,32)/t17-/m1/s1. The van der Waals surface area contributed by atoms with Gasteiger partial charge in [0.1, 0.15) is 17.2 Å². The highest BCUT2D eigenvalue weighted by Crippen LogP contribution is 2.37. The smallest absolute Gasteiger partial charge is 0.268 e. The normalized spacial score (nSPS) is 16.2. The van der Waals surface area contributed by atoms with Crippen LogP contribution in [-0.2, 0) is 0 Å². The predicted octanol–water partition coefficient (Wildman–Crippen LogP) is 4.06. The van der Waals surface area contributed by atoms with E-state index in [1.54, 1.807) is 6.07 Å². The first-order chi connectivity index (χ1) is 16.0. The number of hydrogen-bond acceptors (Lipinski definition) is 4. The number of nitrogens with one attached hydrogen (secondary N) is 3. The number of ether oxygens (including phenoxy) is 1. The lowest BCUT2D eigenvalue weighted by Gasteiger charge is -2.13. The highest BCUT2D eigenvalue weighted by molar-refractivity contribution is 6.03. The summed E-state index contributed by atoms with van der Waals surface area (Å²) in [4.78, 5) is 34.2. The summed E-state index contributed by atoms with van der Waals surface area (Å²) in [7, 11) is 2.03. The van der Waals surface area contributed by atoms with Gasteiger partial charge in [-0.05, 0) is 57.3 Å². The second-order valence-corrected chi connectivity index (χ2v) is 8.56. The van der Waals surface area contributed by atoms with Gasteiger partial charge in [0, 0.05) is 29.2 Å². The Bertz CT molecular complexity index is 1370. The second kappa shape index (κ2) is 8.60. The molecule has 0 spiro atoms. The number of hydrogen-bond donors (Lipinski definition) is 3. The molecular formula is C26H26N4O3. The molecule has 3 heterocycles. The maximum Gasteiger partial charge on any atom is 0.268 e. The molecule has 0 saturated carbocycles. The number of likely N-dealkylation sites (tertiary alicyclic amines) is 1. The number of pyridine rings is 1. The topological polar surface area (TPSA) is 90.2 Å². The molecule has 0 bridgehead atoms. The molecule has 1 atom stereocenters. The number of carbonyl (C=O) groups excluding carboxylic acids is 1. The quantitative estimate of drug-likeness (QED) is 0.435. The monoisotopic (exact) mass is 442 g/mol. The molecule has 0 aliphatic carbocycles. The average Bonchev–Trinajstić information content (AvgIpc) is 3.37. The summed E-state index contributed by atoms with van der Waals surface area (Å²) in [6.07, 6.45) is 0.896. The Hall–Kier alpha value is -3.84. The van der Waals surface area contributed by atoms with E-state index in [2.05, 4.69) is 20.2 Å². The third-order valence-electron chi connectivity index (χ3n) is 6.09. The number of H-pyrrole nitrogens is 2. The van der Waals surface area contributed by atoms with Crippen molar-refractivity contribution < 1.29 is 9.53 Å². The van der Waals surface area contributed by atoms with Crippen LogP contribution in [0.1, 0.15) is 22.6 Å². The van der Waals surface area contributed by atoms with Crippen LogP contribution in [0.2, 0.25) is 0 Å². The molecule has 2 aromatic carbocycles. The van der Waals surface area contributed by atoms with Crippen LogP contribution in [0, 0.1) is 6.92 Å². The number of nitrogens with zero attached hydrogens (tertiary/aromatic N) is 1. The molecule has 3 N–H and O–H groups in total. The molecule has 2 aromatic heterocycles. The first-order valence-corrected chi connectivity index (χ1v) is 11.1. The number of aryl methyl sites for hydroxylation is 1. The van der Waals surface area contributed by atoms with Crippen molar-refractivity contribution >= 4 is 16.7 Å². The Kier molecular flexibility index (Phi) is 5.48. The first-order valence-electron chi connectivity index (χ1n) is 11.1. The zero-order valence-electron chi connectivity index (χ0n) is 18.6. The van der Waals surface area contributed by atoms with Gasteiger partial charge in [0.15, 0.2) is 0 Å². The van der Waals surface area contributed by atoms with E-state index in [1.165, 1.54) is 0 Å². The zero-order valence-corrected chi connectivity index (χ0v) is 18.6. The number of amides is 1. The van der Waals surface area contributed by atoms with Gasteiger partial charge in [-0.2, -0.15) is 0 Å². The van der Waals surface area contributed by atoms with Crippen LogP contribution in [0.3, 0.4) is 0 Å². The number of fused-ring (bicyclic) bond motifs is 1. The molecule has 7 heteroatoms. The number of carbonyl (C=O) groups is 1. The van der Waals surface area contributed by atoms with Crippen molar-refractivity contribution in [2.45, 2.75) is 19.4 Å². The summed E-state index contributed by atoms with van der Waals surface area (Å²) >= 11 is 0. The maximum atomic E-state index is 12.9. The molecule has 0 radical (unpaired) electrons. The van der Waals surface area contributed by atoms with Crippen molar-refractivity contribution in [1.29, 1.82) is 0 Å². The first kappa shape index (κ1) is 21.0. The molecule has 1 aliphatic rings. The van der Waals surface area contributed by atoms with Gasteiger partial charge in [0.2, 0.25) is 0 Å². The summed E-state index contributed by atoms with van der Waals surface area (Å²) in [5.74, 6) is 1.11. The van der Waals surface area contributed by atoms with Crippen molar-refractivity contribution in [1.82, 2.24) is 20.2 Å². The lowest BCUT2D eigenvalue weighted by molar-refractivity contribution is 0.0933. The second-order valence-electron chi connectivity index (χ2n) is 8.56. The van der Waals surface area contributed by atoms with Crippen LogP contribution in [0.4, 0.5) is 0 Å². The van der Waals surface area contributed by atoms with Crippen LogP contribution in [0.15, 0.2) is 65.5 Å². The van der Waals surface area contributed by atoms with Crippen LogP contribution >= 0.6 is 0 Å². The van der Waals surface area contributed by atoms with Gasteiger partial charge in [0.05, 0.1) is 11.1 Å². The summed E-state index contributed by atoms with van der Waals surface area (Å²) in [5.41, 5.74) is 2.26. The van der Waals surface area contributed by atoms with Gasteiger partial charge < -0.3 is 24.9 Å². The third-order valence-corrected chi connectivity index (χ3v) is 6.09. The van der Waals surface area contributed by atoms with E-state index in [9.17, 15) is 9.59 Å². The van der Waals surface area contributed by atoms with Crippen LogP contribution in [0.5, 0.6) is 11.5 Å². The van der Waals surface area contributed by atoms with Crippen molar-refractivity contribution in [3.8, 4) is 22.8 Å². The summed E-state index contributed by atoms with van der Waals surface area (Å²) < 4.78 is 6.14. The van der Waals surface area contributed by atoms with E-state index in [-0.39, 0.29) is 23.2 Å². The van der Waals surface area contributed by atoms with E-state index in [0.717, 1.165) is 42.2 Å². The molecule has 1 aliphatic heterocycles. The molecule has 5 rings (SSSR count). The molecule has 1 amide bonds. The van der Waals surface area contributed by atoms with Gasteiger partial charge in [-0.25, -0.2) is 0 Å². The fourth-order valence-corrected chi connectivity index (χ4v) is 4.47. The number of aromatic nitrogens is 2. The highest BCUT2D eigenvalue weighted by atomic mass is 16.5. The van der Waals surface area contributed by atoms with Gasteiger partial charge in [-0.1, -0.05) is 30.3 Å². The Balaban J connectivity index is 1.56. The Labute approximate surface area is 191 Å². The van der Waals surface area contributed by atoms with Crippen LogP contribution in [-0.4, -0.2) is 47.0 Å². The van der Waals surface area contributed by atoms with E-state index in [0.29, 0.717) is 16.5 Å². The molecular weight excluding hydrogens is 416 g/mol. The summed E-state index contributed by atoms with van der Waals surface area (Å²) in [6.45, 7) is 3.60. The minimum Gasteiger partial charge on any atom is -0.457 e. The molecule has 168 valence electrons. The Morgan fingerprint density at radius 2 is 1.85 bits per heavy atom. The fourth-order valence-electron chi connectivity index (χ4n) is 4.47. The number of benzene rings is 2. The van der Waals surface area contributed by atoms with Crippen molar-refractivity contribution in [2.24, 2.45) is 0 Å². The minimum absolute atomic E-state index is 0.0779. The Morgan fingerprint density at radius 3 is 2.61 bits per heavy atom. The van der Waals surface area contributed by atoms with Gasteiger partial charge >= 0.3 is 0 Å². The minimum atomic E-state index is -0.289. The molecule has 1 saturated heterocycles. The largest absolute Gasteiger partial charge is 0.457 e. The predicted molar refractivity (Wildman–Crippen MR) is 129 cm³/mol. The van der Waals surface area contributed by atoms with E-state index in [4.69, 9.17) is 4.74 Å². The SMILES string of the molecule is Cc1[nH]c(-c2ccccc2Oc2ccccc2)c2cc(C(=O)N[C@@H]3CCN(C)C3)[nH]c(=O)c12. The van der Waals surface area contributed by atoms with Gasteiger partial charge in [-0.3, -0.25) is 9.59 Å². The van der Waals surface area contributed by atoms with Crippen molar-refractivity contribution in [3.63, 3.8) is 0 Å². The number of rotatable bonds is 5. The number of likely N-dealkylation sites (N-methyl/N-ethyl adjacent to an activating group) is 1. The van der Waals surface area contributed by atoms with E-state index < -0.39 is 0 Å². The fraction of sp³-hybridized carbons (Fsp3) is 0.231. The van der Waals surface area contributed by atoms with Gasteiger partial charge in [0.25, 0.3) is 11.5 Å². The molecule has 4 aromatic rings.